The molecule has 7 nitrogen and oxygen atoms in total. The molecule has 1 amide bonds. The van der Waals surface area contributed by atoms with Crippen LogP contribution in [0.3, 0.4) is 0 Å². The molecule has 2 aromatic rings. The Morgan fingerprint density at radius 2 is 1.68 bits per heavy atom. The van der Waals surface area contributed by atoms with Gasteiger partial charge in [-0.15, -0.1) is 0 Å². The van der Waals surface area contributed by atoms with Crippen molar-refractivity contribution in [2.75, 3.05) is 45.2 Å². The van der Waals surface area contributed by atoms with Crippen molar-refractivity contribution in [2.45, 2.75) is 11.8 Å². The van der Waals surface area contributed by atoms with Crippen molar-refractivity contribution in [3.63, 3.8) is 0 Å². The highest BCUT2D eigenvalue weighted by Gasteiger charge is 2.29. The Bertz CT molecular complexity index is 950. The second kappa shape index (κ2) is 8.20. The maximum Gasteiger partial charge on any atom is 0.251 e. The molecule has 1 aliphatic heterocycles. The molecule has 0 spiro atoms. The number of methoxy groups -OCH3 is 1. The van der Waals surface area contributed by atoms with Crippen molar-refractivity contribution >= 4 is 21.6 Å². The number of carbonyl (C=O) groups excluding carboxylic acids is 1. The molecule has 0 saturated carbocycles. The number of sulfonamides is 1. The predicted molar refractivity (Wildman–Crippen MR) is 109 cm³/mol. The molecule has 0 bridgehead atoms. The summed E-state index contributed by atoms with van der Waals surface area (Å²) < 4.78 is 32.7. The zero-order valence-corrected chi connectivity index (χ0v) is 17.1. The highest BCUT2D eigenvalue weighted by atomic mass is 32.2. The summed E-state index contributed by atoms with van der Waals surface area (Å²) in [6.07, 6.45) is 0. The van der Waals surface area contributed by atoms with E-state index in [1.807, 2.05) is 24.3 Å². The number of benzene rings is 2. The molecule has 0 aromatic heterocycles. The molecule has 150 valence electrons. The number of piperazine rings is 1. The van der Waals surface area contributed by atoms with Crippen molar-refractivity contribution in [3.05, 3.63) is 53.6 Å². The van der Waals surface area contributed by atoms with Crippen molar-refractivity contribution in [1.82, 2.24) is 9.62 Å². The molecule has 1 heterocycles. The average molecular weight is 404 g/mol. The first-order valence-electron chi connectivity index (χ1n) is 9.08. The van der Waals surface area contributed by atoms with Gasteiger partial charge in [0, 0.05) is 44.5 Å². The third-order valence-electron chi connectivity index (χ3n) is 4.99. The standard InChI is InChI=1S/C20H25N3O4S/c1-15-4-9-18(14-19(15)20(24)21-2)28(25,26)23-12-10-22(11-13-23)16-5-7-17(27-3)8-6-16/h4-9,14H,10-13H2,1-3H3,(H,21,24). The quantitative estimate of drug-likeness (QED) is 0.825. The molecule has 0 atom stereocenters. The summed E-state index contributed by atoms with van der Waals surface area (Å²) in [5.74, 6) is 0.495. The van der Waals surface area contributed by atoms with Crippen LogP contribution in [-0.2, 0) is 10.0 Å². The lowest BCUT2D eigenvalue weighted by molar-refractivity contribution is 0.0962. The Hall–Kier alpha value is -2.58. The van der Waals surface area contributed by atoms with Crippen LogP contribution in [0.25, 0.3) is 0 Å². The summed E-state index contributed by atoms with van der Waals surface area (Å²) in [5, 5.41) is 2.55. The Labute approximate surface area is 166 Å². The molecule has 8 heteroatoms. The van der Waals surface area contributed by atoms with Crippen molar-refractivity contribution in [1.29, 1.82) is 0 Å². The Balaban J connectivity index is 1.75. The largest absolute Gasteiger partial charge is 0.497 e. The molecule has 1 N–H and O–H groups in total. The molecule has 1 fully saturated rings. The van der Waals surface area contributed by atoms with Crippen LogP contribution < -0.4 is 15.0 Å². The summed E-state index contributed by atoms with van der Waals surface area (Å²) >= 11 is 0. The summed E-state index contributed by atoms with van der Waals surface area (Å²) in [6.45, 7) is 3.75. The second-order valence-electron chi connectivity index (χ2n) is 6.65. The molecule has 3 rings (SSSR count). The van der Waals surface area contributed by atoms with Crippen LogP contribution in [0.15, 0.2) is 47.4 Å². The van der Waals surface area contributed by atoms with E-state index < -0.39 is 10.0 Å². The Morgan fingerprint density at radius 3 is 2.25 bits per heavy atom. The van der Waals surface area contributed by atoms with E-state index >= 15 is 0 Å². The minimum atomic E-state index is -3.65. The fraction of sp³-hybridized carbons (Fsp3) is 0.350. The highest BCUT2D eigenvalue weighted by Crippen LogP contribution is 2.24. The number of hydrogen-bond acceptors (Lipinski definition) is 5. The minimum Gasteiger partial charge on any atom is -0.497 e. The van der Waals surface area contributed by atoms with E-state index in [9.17, 15) is 13.2 Å². The molecular weight excluding hydrogens is 378 g/mol. The van der Waals surface area contributed by atoms with Gasteiger partial charge in [-0.2, -0.15) is 4.31 Å². The van der Waals surface area contributed by atoms with Crippen LogP contribution in [0.4, 0.5) is 5.69 Å². The monoisotopic (exact) mass is 403 g/mol. The lowest BCUT2D eigenvalue weighted by Gasteiger charge is -2.35. The first kappa shape index (κ1) is 20.2. The van der Waals surface area contributed by atoms with Crippen LogP contribution in [0.1, 0.15) is 15.9 Å². The third-order valence-corrected chi connectivity index (χ3v) is 6.89. The van der Waals surface area contributed by atoms with Gasteiger partial charge in [0.2, 0.25) is 10.0 Å². The SMILES string of the molecule is CNC(=O)c1cc(S(=O)(=O)N2CCN(c3ccc(OC)cc3)CC2)ccc1C. The normalized spacial score (nSPS) is 15.3. The number of amides is 1. The number of rotatable bonds is 5. The summed E-state index contributed by atoms with van der Waals surface area (Å²) in [7, 11) is -0.499. The number of hydrogen-bond donors (Lipinski definition) is 1. The maximum atomic E-state index is 13.0. The molecule has 28 heavy (non-hydrogen) atoms. The van der Waals surface area contributed by atoms with Crippen molar-refractivity contribution in [2.24, 2.45) is 0 Å². The lowest BCUT2D eigenvalue weighted by atomic mass is 10.1. The second-order valence-corrected chi connectivity index (χ2v) is 8.58. The molecule has 0 aliphatic carbocycles. The van der Waals surface area contributed by atoms with Gasteiger partial charge in [-0.1, -0.05) is 6.07 Å². The molecule has 0 radical (unpaired) electrons. The number of ether oxygens (including phenoxy) is 1. The van der Waals surface area contributed by atoms with E-state index in [4.69, 9.17) is 4.74 Å². The smallest absolute Gasteiger partial charge is 0.251 e. The van der Waals surface area contributed by atoms with Gasteiger partial charge in [0.05, 0.1) is 12.0 Å². The van der Waals surface area contributed by atoms with Crippen LogP contribution in [-0.4, -0.2) is 59.0 Å². The lowest BCUT2D eigenvalue weighted by Crippen LogP contribution is -2.48. The van der Waals surface area contributed by atoms with Crippen LogP contribution in [0.2, 0.25) is 0 Å². The van der Waals surface area contributed by atoms with Gasteiger partial charge < -0.3 is 15.0 Å². The number of aryl methyl sites for hydroxylation is 1. The van der Waals surface area contributed by atoms with E-state index in [-0.39, 0.29) is 10.8 Å². The number of nitrogens with one attached hydrogen (secondary N) is 1. The van der Waals surface area contributed by atoms with Crippen LogP contribution >= 0.6 is 0 Å². The zero-order chi connectivity index (χ0) is 20.3. The Kier molecular flexibility index (Phi) is 5.90. The number of nitrogens with zero attached hydrogens (tertiary/aromatic N) is 2. The summed E-state index contributed by atoms with van der Waals surface area (Å²) in [5.41, 5.74) is 2.15. The zero-order valence-electron chi connectivity index (χ0n) is 16.3. The molecular formula is C20H25N3O4S. The van der Waals surface area contributed by atoms with Gasteiger partial charge in [-0.05, 0) is 48.9 Å². The van der Waals surface area contributed by atoms with Crippen LogP contribution in [0.5, 0.6) is 5.75 Å². The first-order valence-corrected chi connectivity index (χ1v) is 10.5. The molecule has 2 aromatic carbocycles. The van der Waals surface area contributed by atoms with Gasteiger partial charge in [0.1, 0.15) is 5.75 Å². The van der Waals surface area contributed by atoms with Crippen molar-refractivity contribution < 1.29 is 17.9 Å². The number of carbonyl (C=O) groups is 1. The van der Waals surface area contributed by atoms with Crippen LogP contribution in [0, 0.1) is 6.92 Å². The fourth-order valence-electron chi connectivity index (χ4n) is 3.27. The topological polar surface area (TPSA) is 79.0 Å². The van der Waals surface area contributed by atoms with Gasteiger partial charge in [-0.25, -0.2) is 8.42 Å². The fourth-order valence-corrected chi connectivity index (χ4v) is 4.72. The van der Waals surface area contributed by atoms with E-state index in [1.54, 1.807) is 26.2 Å². The molecule has 1 aliphatic rings. The number of anilines is 1. The first-order chi connectivity index (χ1) is 13.4. The van der Waals surface area contributed by atoms with E-state index in [0.717, 1.165) is 17.0 Å². The predicted octanol–water partition coefficient (Wildman–Crippen LogP) is 1.87. The van der Waals surface area contributed by atoms with Crippen molar-refractivity contribution in [3.8, 4) is 5.75 Å². The van der Waals surface area contributed by atoms with Gasteiger partial charge in [0.15, 0.2) is 0 Å². The Morgan fingerprint density at radius 1 is 1.04 bits per heavy atom. The average Bonchev–Trinajstić information content (AvgIpc) is 2.73. The maximum absolute atomic E-state index is 13.0. The van der Waals surface area contributed by atoms with Gasteiger partial charge in [0.25, 0.3) is 5.91 Å². The van der Waals surface area contributed by atoms with E-state index in [2.05, 4.69) is 10.2 Å². The minimum absolute atomic E-state index is 0.148. The van der Waals surface area contributed by atoms with E-state index in [1.165, 1.54) is 17.4 Å². The third kappa shape index (κ3) is 3.98. The van der Waals surface area contributed by atoms with E-state index in [0.29, 0.717) is 31.7 Å². The summed E-state index contributed by atoms with van der Waals surface area (Å²) in [4.78, 5) is 14.3. The molecule has 0 unspecified atom stereocenters. The molecule has 1 saturated heterocycles. The summed E-state index contributed by atoms with van der Waals surface area (Å²) in [6, 6.07) is 12.4. The van der Waals surface area contributed by atoms with Gasteiger partial charge >= 0.3 is 0 Å². The highest BCUT2D eigenvalue weighted by molar-refractivity contribution is 7.89. The van der Waals surface area contributed by atoms with Gasteiger partial charge in [-0.3, -0.25) is 4.79 Å².